The molecule has 1 unspecified atom stereocenters. The molecule has 0 radical (unpaired) electrons. The average molecular weight is 419 g/mol. The zero-order chi connectivity index (χ0) is 21.3. The summed E-state index contributed by atoms with van der Waals surface area (Å²) in [7, 11) is 0. The lowest BCUT2D eigenvalue weighted by Crippen LogP contribution is -2.39. The third kappa shape index (κ3) is 6.42. The lowest BCUT2D eigenvalue weighted by atomic mass is 10.1. The molecule has 0 fully saturated rings. The van der Waals surface area contributed by atoms with Gasteiger partial charge in [0, 0.05) is 16.5 Å². The Morgan fingerprint density at radius 3 is 2.53 bits per heavy atom. The molecule has 3 aromatic rings. The predicted octanol–water partition coefficient (Wildman–Crippen LogP) is 4.96. The fourth-order valence-electron chi connectivity index (χ4n) is 3.06. The Morgan fingerprint density at radius 1 is 1.03 bits per heavy atom. The van der Waals surface area contributed by atoms with Crippen molar-refractivity contribution in [2.45, 2.75) is 32.7 Å². The number of amides is 2. The molecule has 2 amide bonds. The Balaban J connectivity index is 1.68. The summed E-state index contributed by atoms with van der Waals surface area (Å²) < 4.78 is 0. The van der Waals surface area contributed by atoms with Crippen LogP contribution >= 0.6 is 11.3 Å². The van der Waals surface area contributed by atoms with Gasteiger partial charge >= 0.3 is 0 Å². The van der Waals surface area contributed by atoms with Crippen LogP contribution in [-0.2, 0) is 11.2 Å². The number of benzene rings is 2. The number of carbonyl (C=O) groups excluding carboxylic acids is 2. The second-order valence-electron chi connectivity index (χ2n) is 7.30. The van der Waals surface area contributed by atoms with Crippen molar-refractivity contribution >= 4 is 29.2 Å². The Labute approximate surface area is 181 Å². The zero-order valence-electron chi connectivity index (χ0n) is 17.2. The maximum absolute atomic E-state index is 12.9. The molecule has 0 aliphatic rings. The van der Waals surface area contributed by atoms with Crippen LogP contribution in [0.3, 0.4) is 0 Å². The summed E-state index contributed by atoms with van der Waals surface area (Å²) in [5.74, 6) is -0.585. The lowest BCUT2D eigenvalue weighted by Gasteiger charge is -2.16. The van der Waals surface area contributed by atoms with E-state index in [0.29, 0.717) is 5.56 Å². The second-order valence-corrected chi connectivity index (χ2v) is 8.28. The first-order chi connectivity index (χ1) is 14.5. The van der Waals surface area contributed by atoms with E-state index in [0.717, 1.165) is 23.3 Å². The van der Waals surface area contributed by atoms with Crippen molar-refractivity contribution < 1.29 is 9.59 Å². The van der Waals surface area contributed by atoms with Gasteiger partial charge in [-0.05, 0) is 61.9 Å². The molecule has 0 saturated carbocycles. The van der Waals surface area contributed by atoms with Crippen LogP contribution in [0.2, 0.25) is 0 Å². The minimum absolute atomic E-state index is 0.0275. The molecule has 0 bridgehead atoms. The van der Waals surface area contributed by atoms with Gasteiger partial charge in [-0.25, -0.2) is 0 Å². The molecule has 0 spiro atoms. The molecule has 3 rings (SSSR count). The third-order valence-electron chi connectivity index (χ3n) is 4.69. The first kappa shape index (κ1) is 21.5. The van der Waals surface area contributed by atoms with Crippen molar-refractivity contribution in [2.24, 2.45) is 0 Å². The van der Waals surface area contributed by atoms with Gasteiger partial charge in [0.15, 0.2) is 0 Å². The lowest BCUT2D eigenvalue weighted by molar-refractivity contribution is -0.118. The molecule has 30 heavy (non-hydrogen) atoms. The van der Waals surface area contributed by atoms with E-state index in [1.165, 1.54) is 16.9 Å². The minimum Gasteiger partial charge on any atom is -0.348 e. The van der Waals surface area contributed by atoms with Crippen molar-refractivity contribution in [1.29, 1.82) is 0 Å². The molecule has 154 valence electrons. The fraction of sp³-hybridized carbons (Fsp3) is 0.200. The summed E-state index contributed by atoms with van der Waals surface area (Å²) in [6.07, 6.45) is 3.41. The van der Waals surface area contributed by atoms with Crippen LogP contribution in [0.4, 0.5) is 0 Å². The van der Waals surface area contributed by atoms with Gasteiger partial charge in [0.25, 0.3) is 11.8 Å². The number of nitrogens with one attached hydrogen (secondary N) is 2. The summed E-state index contributed by atoms with van der Waals surface area (Å²) in [6, 6.07) is 21.3. The minimum atomic E-state index is -0.298. The first-order valence-electron chi connectivity index (χ1n) is 9.99. The van der Waals surface area contributed by atoms with Crippen LogP contribution in [0.25, 0.3) is 6.08 Å². The topological polar surface area (TPSA) is 58.2 Å². The Kier molecular flexibility index (Phi) is 7.57. The highest BCUT2D eigenvalue weighted by molar-refractivity contribution is 7.10. The number of hydrogen-bond acceptors (Lipinski definition) is 3. The molecular weight excluding hydrogens is 392 g/mol. The van der Waals surface area contributed by atoms with Crippen molar-refractivity contribution in [3.63, 3.8) is 0 Å². The van der Waals surface area contributed by atoms with Crippen LogP contribution in [0.1, 0.15) is 39.7 Å². The average Bonchev–Trinajstić information content (AvgIpc) is 3.25. The van der Waals surface area contributed by atoms with E-state index in [9.17, 15) is 9.59 Å². The predicted molar refractivity (Wildman–Crippen MR) is 123 cm³/mol. The van der Waals surface area contributed by atoms with Crippen molar-refractivity contribution in [3.05, 3.63) is 99.4 Å². The standard InChI is InChI=1S/C25H26N2O2S/c1-18-8-6-11-21(16-18)24(28)27-23(17-22-12-7-15-30-22)25(29)26-19(2)13-14-20-9-4-3-5-10-20/h3-12,15-17,19H,13-14H2,1-2H3,(H,26,29)(H,27,28)/b23-17-. The van der Waals surface area contributed by atoms with Gasteiger partial charge in [-0.2, -0.15) is 0 Å². The van der Waals surface area contributed by atoms with E-state index in [1.807, 2.05) is 61.7 Å². The van der Waals surface area contributed by atoms with Crippen molar-refractivity contribution in [3.8, 4) is 0 Å². The molecule has 0 aliphatic carbocycles. The molecule has 2 N–H and O–H groups in total. The van der Waals surface area contributed by atoms with Gasteiger partial charge < -0.3 is 10.6 Å². The molecule has 1 heterocycles. The molecule has 1 atom stereocenters. The molecule has 5 heteroatoms. The van der Waals surface area contributed by atoms with Gasteiger partial charge in [0.1, 0.15) is 5.70 Å². The summed E-state index contributed by atoms with van der Waals surface area (Å²) in [6.45, 7) is 3.91. The highest BCUT2D eigenvalue weighted by atomic mass is 32.1. The smallest absolute Gasteiger partial charge is 0.268 e. The second kappa shape index (κ2) is 10.6. The molecule has 2 aromatic carbocycles. The van der Waals surface area contributed by atoms with Crippen LogP contribution in [0.15, 0.2) is 77.8 Å². The SMILES string of the molecule is Cc1cccc(C(=O)N/C(=C\c2cccs2)C(=O)NC(C)CCc2ccccc2)c1. The van der Waals surface area contributed by atoms with Gasteiger partial charge in [-0.1, -0.05) is 54.1 Å². The van der Waals surface area contributed by atoms with Crippen molar-refractivity contribution in [1.82, 2.24) is 10.6 Å². The van der Waals surface area contributed by atoms with E-state index >= 15 is 0 Å². The third-order valence-corrected chi connectivity index (χ3v) is 5.51. The summed E-state index contributed by atoms with van der Waals surface area (Å²) in [4.78, 5) is 26.5. The van der Waals surface area contributed by atoms with Crippen LogP contribution in [0.5, 0.6) is 0 Å². The van der Waals surface area contributed by atoms with Crippen molar-refractivity contribution in [2.75, 3.05) is 0 Å². The number of carbonyl (C=O) groups is 2. The van der Waals surface area contributed by atoms with Gasteiger partial charge in [0.05, 0.1) is 0 Å². The maximum atomic E-state index is 12.9. The van der Waals surface area contributed by atoms with E-state index in [-0.39, 0.29) is 23.6 Å². The summed E-state index contributed by atoms with van der Waals surface area (Å²) in [5, 5.41) is 7.74. The largest absolute Gasteiger partial charge is 0.348 e. The molecule has 1 aromatic heterocycles. The number of rotatable bonds is 8. The van der Waals surface area contributed by atoms with Gasteiger partial charge in [-0.3, -0.25) is 9.59 Å². The normalized spacial score (nSPS) is 12.3. The Hall–Kier alpha value is -3.18. The zero-order valence-corrected chi connectivity index (χ0v) is 18.0. The first-order valence-corrected chi connectivity index (χ1v) is 10.9. The Bertz CT molecular complexity index is 1010. The van der Waals surface area contributed by atoms with Gasteiger partial charge in [0.2, 0.25) is 0 Å². The fourth-order valence-corrected chi connectivity index (χ4v) is 3.71. The number of aryl methyl sites for hydroxylation is 2. The monoisotopic (exact) mass is 418 g/mol. The summed E-state index contributed by atoms with van der Waals surface area (Å²) >= 11 is 1.51. The van der Waals surface area contributed by atoms with Crippen LogP contribution < -0.4 is 10.6 Å². The van der Waals surface area contributed by atoms with E-state index in [1.54, 1.807) is 18.2 Å². The van der Waals surface area contributed by atoms with Gasteiger partial charge in [-0.15, -0.1) is 11.3 Å². The molecule has 0 aliphatic heterocycles. The quantitative estimate of drug-likeness (QED) is 0.508. The van der Waals surface area contributed by atoms with E-state index in [2.05, 4.69) is 22.8 Å². The van der Waals surface area contributed by atoms with Crippen LogP contribution in [0, 0.1) is 6.92 Å². The highest BCUT2D eigenvalue weighted by Gasteiger charge is 2.17. The molecule has 0 saturated heterocycles. The molecular formula is C25H26N2O2S. The number of thiophene rings is 1. The van der Waals surface area contributed by atoms with Crippen LogP contribution in [-0.4, -0.2) is 17.9 Å². The van der Waals surface area contributed by atoms with E-state index in [4.69, 9.17) is 0 Å². The Morgan fingerprint density at radius 2 is 1.83 bits per heavy atom. The number of hydrogen-bond donors (Lipinski definition) is 2. The molecule has 4 nitrogen and oxygen atoms in total. The summed E-state index contributed by atoms with van der Waals surface area (Å²) in [5.41, 5.74) is 3.00. The van der Waals surface area contributed by atoms with E-state index < -0.39 is 0 Å². The highest BCUT2D eigenvalue weighted by Crippen LogP contribution is 2.14. The maximum Gasteiger partial charge on any atom is 0.268 e.